The predicted molar refractivity (Wildman–Crippen MR) is 118 cm³/mol. The molecule has 6 heteroatoms. The lowest BCUT2D eigenvalue weighted by atomic mass is 10.2. The summed E-state index contributed by atoms with van der Waals surface area (Å²) in [6, 6.07) is 10.2. The summed E-state index contributed by atoms with van der Waals surface area (Å²) < 4.78 is 0. The first-order chi connectivity index (χ1) is 14.2. The van der Waals surface area contributed by atoms with Gasteiger partial charge in [0.1, 0.15) is 0 Å². The molecule has 2 aliphatic heterocycles. The zero-order valence-electron chi connectivity index (χ0n) is 17.9. The summed E-state index contributed by atoms with van der Waals surface area (Å²) in [5.74, 6) is 1.11. The second-order valence-corrected chi connectivity index (χ2v) is 8.64. The monoisotopic (exact) mass is 397 g/mol. The van der Waals surface area contributed by atoms with Crippen LogP contribution in [-0.2, 0) is 11.2 Å². The Morgan fingerprint density at radius 1 is 1.28 bits per heavy atom. The number of guanidine groups is 1. The van der Waals surface area contributed by atoms with Crippen LogP contribution in [-0.4, -0.2) is 61.1 Å². The molecule has 1 saturated carbocycles. The van der Waals surface area contributed by atoms with E-state index in [0.717, 1.165) is 50.2 Å². The Labute approximate surface area is 174 Å². The fourth-order valence-electron chi connectivity index (χ4n) is 4.74. The molecule has 0 radical (unpaired) electrons. The number of nitrogens with one attached hydrogen (secondary N) is 2. The van der Waals surface area contributed by atoms with E-state index in [0.29, 0.717) is 25.0 Å². The number of likely N-dealkylation sites (tertiary alicyclic amines) is 1. The van der Waals surface area contributed by atoms with Gasteiger partial charge in [-0.3, -0.25) is 14.7 Å². The zero-order chi connectivity index (χ0) is 20.2. The maximum Gasteiger partial charge on any atom is 0.227 e. The van der Waals surface area contributed by atoms with Crippen LogP contribution in [0.1, 0.15) is 51.5 Å². The number of fused-ring (bicyclic) bond motifs is 1. The number of aliphatic imine (C=N–C) groups is 1. The van der Waals surface area contributed by atoms with E-state index in [4.69, 9.17) is 4.99 Å². The van der Waals surface area contributed by atoms with Crippen molar-refractivity contribution in [1.82, 2.24) is 15.5 Å². The van der Waals surface area contributed by atoms with E-state index in [1.54, 1.807) is 0 Å². The van der Waals surface area contributed by atoms with E-state index in [1.807, 2.05) is 17.0 Å². The highest BCUT2D eigenvalue weighted by Crippen LogP contribution is 2.33. The molecule has 1 aromatic rings. The number of hydrogen-bond acceptors (Lipinski definition) is 3. The molecule has 2 unspecified atom stereocenters. The number of hydrogen-bond donors (Lipinski definition) is 2. The number of nitrogens with zero attached hydrogens (tertiary/aromatic N) is 3. The molecule has 6 nitrogen and oxygen atoms in total. The van der Waals surface area contributed by atoms with Gasteiger partial charge < -0.3 is 15.5 Å². The van der Waals surface area contributed by atoms with Crippen molar-refractivity contribution in [2.75, 3.05) is 31.1 Å². The summed E-state index contributed by atoms with van der Waals surface area (Å²) in [5.41, 5.74) is 2.37. The zero-order valence-corrected chi connectivity index (χ0v) is 17.9. The van der Waals surface area contributed by atoms with E-state index in [9.17, 15) is 4.79 Å². The van der Waals surface area contributed by atoms with E-state index in [1.165, 1.54) is 24.8 Å². The van der Waals surface area contributed by atoms with Crippen molar-refractivity contribution in [2.24, 2.45) is 4.99 Å². The first-order valence-corrected chi connectivity index (χ1v) is 11.3. The van der Waals surface area contributed by atoms with Crippen LogP contribution in [0.15, 0.2) is 29.3 Å². The third-order valence-corrected chi connectivity index (χ3v) is 6.33. The van der Waals surface area contributed by atoms with Crippen LogP contribution in [0, 0.1) is 0 Å². The largest absolute Gasteiger partial charge is 0.357 e. The van der Waals surface area contributed by atoms with Crippen molar-refractivity contribution in [1.29, 1.82) is 0 Å². The molecule has 158 valence electrons. The number of carbonyl (C=O) groups is 1. The Morgan fingerprint density at radius 3 is 2.90 bits per heavy atom. The smallest absolute Gasteiger partial charge is 0.227 e. The highest BCUT2D eigenvalue weighted by Gasteiger charge is 2.38. The Balaban J connectivity index is 1.24. The van der Waals surface area contributed by atoms with Crippen LogP contribution in [0.2, 0.25) is 0 Å². The summed E-state index contributed by atoms with van der Waals surface area (Å²) >= 11 is 0. The number of benzene rings is 1. The van der Waals surface area contributed by atoms with Gasteiger partial charge in [0.15, 0.2) is 5.96 Å². The Bertz CT molecular complexity index is 745. The molecule has 1 saturated heterocycles. The molecule has 1 aromatic carbocycles. The van der Waals surface area contributed by atoms with Gasteiger partial charge in [-0.25, -0.2) is 0 Å². The Kier molecular flexibility index (Phi) is 6.38. The van der Waals surface area contributed by atoms with Crippen LogP contribution in [0.5, 0.6) is 0 Å². The summed E-state index contributed by atoms with van der Waals surface area (Å²) in [5, 5.41) is 6.98. The molecule has 2 fully saturated rings. The molecule has 2 heterocycles. The fourth-order valence-corrected chi connectivity index (χ4v) is 4.74. The lowest BCUT2D eigenvalue weighted by Crippen LogP contribution is -2.44. The van der Waals surface area contributed by atoms with Gasteiger partial charge in [0, 0.05) is 56.4 Å². The number of carbonyl (C=O) groups excluding carboxylic acids is 1. The number of anilines is 1. The van der Waals surface area contributed by atoms with Gasteiger partial charge in [-0.15, -0.1) is 0 Å². The SMILES string of the molecule is CCNC(=NCCCC(=O)N1CCc2ccccc21)NC1CC(C)N(C2CC2)C1. The molecule has 0 aromatic heterocycles. The molecule has 1 amide bonds. The van der Waals surface area contributed by atoms with Crippen molar-refractivity contribution < 1.29 is 4.79 Å². The fraction of sp³-hybridized carbons (Fsp3) is 0.652. The summed E-state index contributed by atoms with van der Waals surface area (Å²) in [7, 11) is 0. The standard InChI is InChI=1S/C23H35N5O/c1-3-24-23(26-19-15-17(2)28(16-19)20-10-11-20)25-13-6-9-22(29)27-14-12-18-7-4-5-8-21(18)27/h4-5,7-8,17,19-20H,3,6,9-16H2,1-2H3,(H2,24,25,26). The van der Waals surface area contributed by atoms with Crippen LogP contribution in [0.25, 0.3) is 0 Å². The number of amides is 1. The van der Waals surface area contributed by atoms with Crippen LogP contribution in [0.3, 0.4) is 0 Å². The van der Waals surface area contributed by atoms with Crippen molar-refractivity contribution in [3.8, 4) is 0 Å². The minimum absolute atomic E-state index is 0.216. The number of rotatable bonds is 7. The average Bonchev–Trinajstić information content (AvgIpc) is 3.36. The van der Waals surface area contributed by atoms with E-state index < -0.39 is 0 Å². The first kappa shape index (κ1) is 20.2. The van der Waals surface area contributed by atoms with Gasteiger partial charge in [0.05, 0.1) is 0 Å². The van der Waals surface area contributed by atoms with Gasteiger partial charge >= 0.3 is 0 Å². The second kappa shape index (κ2) is 9.16. The van der Waals surface area contributed by atoms with Gasteiger partial charge in [-0.05, 0) is 57.6 Å². The third kappa shape index (κ3) is 4.92. The quantitative estimate of drug-likeness (QED) is 0.422. The topological polar surface area (TPSA) is 60.0 Å². The van der Waals surface area contributed by atoms with Gasteiger partial charge in [-0.1, -0.05) is 18.2 Å². The predicted octanol–water partition coefficient (Wildman–Crippen LogP) is 2.54. The lowest BCUT2D eigenvalue weighted by Gasteiger charge is -2.20. The van der Waals surface area contributed by atoms with Gasteiger partial charge in [0.25, 0.3) is 0 Å². The van der Waals surface area contributed by atoms with Gasteiger partial charge in [-0.2, -0.15) is 0 Å². The van der Waals surface area contributed by atoms with Crippen LogP contribution >= 0.6 is 0 Å². The average molecular weight is 398 g/mol. The van der Waals surface area contributed by atoms with E-state index >= 15 is 0 Å². The number of para-hydroxylation sites is 1. The molecule has 2 N–H and O–H groups in total. The van der Waals surface area contributed by atoms with Crippen molar-refractivity contribution in [3.05, 3.63) is 29.8 Å². The molecule has 29 heavy (non-hydrogen) atoms. The first-order valence-electron chi connectivity index (χ1n) is 11.3. The molecule has 0 bridgehead atoms. The van der Waals surface area contributed by atoms with E-state index in [2.05, 4.69) is 41.5 Å². The van der Waals surface area contributed by atoms with Crippen molar-refractivity contribution >= 4 is 17.6 Å². The molecule has 4 rings (SSSR count). The maximum absolute atomic E-state index is 12.6. The van der Waals surface area contributed by atoms with E-state index in [-0.39, 0.29) is 5.91 Å². The summed E-state index contributed by atoms with van der Waals surface area (Å²) in [6.07, 6.45) is 6.19. The normalized spacial score (nSPS) is 24.6. The Hall–Kier alpha value is -2.08. The molecule has 1 aliphatic carbocycles. The van der Waals surface area contributed by atoms with Crippen molar-refractivity contribution in [2.45, 2.75) is 70.5 Å². The minimum atomic E-state index is 0.216. The molecular weight excluding hydrogens is 362 g/mol. The molecule has 0 spiro atoms. The summed E-state index contributed by atoms with van der Waals surface area (Å²) in [6.45, 7) is 7.88. The van der Waals surface area contributed by atoms with Crippen LogP contribution < -0.4 is 15.5 Å². The maximum atomic E-state index is 12.6. The molecule has 2 atom stereocenters. The summed E-state index contributed by atoms with van der Waals surface area (Å²) in [4.78, 5) is 22.0. The Morgan fingerprint density at radius 2 is 2.10 bits per heavy atom. The van der Waals surface area contributed by atoms with Crippen LogP contribution in [0.4, 0.5) is 5.69 Å². The highest BCUT2D eigenvalue weighted by molar-refractivity contribution is 5.95. The highest BCUT2D eigenvalue weighted by atomic mass is 16.2. The second-order valence-electron chi connectivity index (χ2n) is 8.64. The minimum Gasteiger partial charge on any atom is -0.357 e. The molecular formula is C23H35N5O. The molecule has 3 aliphatic rings. The van der Waals surface area contributed by atoms with Gasteiger partial charge in [0.2, 0.25) is 5.91 Å². The lowest BCUT2D eigenvalue weighted by molar-refractivity contribution is -0.118. The van der Waals surface area contributed by atoms with Crippen molar-refractivity contribution in [3.63, 3.8) is 0 Å². The third-order valence-electron chi connectivity index (χ3n) is 6.33.